The minimum absolute atomic E-state index is 0.290. The summed E-state index contributed by atoms with van der Waals surface area (Å²) in [5.41, 5.74) is -0.525. The molecule has 3 rings (SSSR count). The maximum Gasteiger partial charge on any atom is 0.325 e. The molecule has 0 bridgehead atoms. The van der Waals surface area contributed by atoms with Crippen LogP contribution in [0.3, 0.4) is 0 Å². The van der Waals surface area contributed by atoms with Gasteiger partial charge in [-0.15, -0.1) is 11.3 Å². The average Bonchev–Trinajstić information content (AvgIpc) is 3.24. The maximum atomic E-state index is 13.1. The molecule has 1 unspecified atom stereocenters. The van der Waals surface area contributed by atoms with Gasteiger partial charge in [-0.3, -0.25) is 14.5 Å². The van der Waals surface area contributed by atoms with Crippen LogP contribution in [-0.4, -0.2) is 41.2 Å². The molecule has 142 valence electrons. The Bertz CT molecular complexity index is 854. The number of benzene rings is 1. The van der Waals surface area contributed by atoms with Gasteiger partial charge in [0.25, 0.3) is 5.91 Å². The average molecular weight is 406 g/mol. The Labute approximate surface area is 166 Å². The number of halogens is 1. The van der Waals surface area contributed by atoms with Crippen molar-refractivity contribution < 1.29 is 14.4 Å². The van der Waals surface area contributed by atoms with E-state index >= 15 is 0 Å². The van der Waals surface area contributed by atoms with Crippen molar-refractivity contribution in [2.45, 2.75) is 25.4 Å². The summed E-state index contributed by atoms with van der Waals surface area (Å²) in [6.45, 7) is 1.97. The van der Waals surface area contributed by atoms with Crippen LogP contribution in [0.4, 0.5) is 4.79 Å². The second-order valence-corrected chi connectivity index (χ2v) is 7.89. The highest BCUT2D eigenvalue weighted by Gasteiger charge is 2.51. The van der Waals surface area contributed by atoms with Crippen LogP contribution in [-0.2, 0) is 21.7 Å². The third-order valence-corrected chi connectivity index (χ3v) is 5.85. The summed E-state index contributed by atoms with van der Waals surface area (Å²) in [7, 11) is 1.66. The van der Waals surface area contributed by atoms with E-state index in [0.29, 0.717) is 23.6 Å². The number of nitrogens with zero attached hydrogens (tertiary/aromatic N) is 2. The molecule has 1 aliphatic heterocycles. The molecule has 6 nitrogen and oxygen atoms in total. The Kier molecular flexibility index (Phi) is 5.53. The van der Waals surface area contributed by atoms with Crippen molar-refractivity contribution in [3.8, 4) is 0 Å². The molecule has 1 fully saturated rings. The molecule has 4 amide bonds. The van der Waals surface area contributed by atoms with Gasteiger partial charge in [0, 0.05) is 16.9 Å². The predicted molar refractivity (Wildman–Crippen MR) is 104 cm³/mol. The smallest absolute Gasteiger partial charge is 0.325 e. The fourth-order valence-corrected chi connectivity index (χ4v) is 4.01. The van der Waals surface area contributed by atoms with E-state index in [1.807, 2.05) is 24.4 Å². The van der Waals surface area contributed by atoms with Gasteiger partial charge in [-0.05, 0) is 35.6 Å². The highest BCUT2D eigenvalue weighted by molar-refractivity contribution is 7.09. The van der Waals surface area contributed by atoms with Gasteiger partial charge in [0.05, 0.1) is 6.54 Å². The van der Waals surface area contributed by atoms with Crippen LogP contribution in [0.5, 0.6) is 0 Å². The van der Waals surface area contributed by atoms with Crippen LogP contribution >= 0.6 is 22.9 Å². The van der Waals surface area contributed by atoms with E-state index in [1.54, 1.807) is 42.6 Å². The van der Waals surface area contributed by atoms with Gasteiger partial charge >= 0.3 is 6.03 Å². The Balaban J connectivity index is 1.76. The third kappa shape index (κ3) is 3.70. The number of carbonyl (C=O) groups is 3. The Hall–Kier alpha value is -2.38. The van der Waals surface area contributed by atoms with Gasteiger partial charge < -0.3 is 10.2 Å². The fourth-order valence-electron chi connectivity index (χ4n) is 3.12. The normalized spacial score (nSPS) is 19.3. The van der Waals surface area contributed by atoms with Gasteiger partial charge in [-0.25, -0.2) is 4.79 Å². The maximum absolute atomic E-state index is 13.1. The zero-order valence-corrected chi connectivity index (χ0v) is 16.6. The molecule has 8 heteroatoms. The van der Waals surface area contributed by atoms with Gasteiger partial charge in [-0.2, -0.15) is 0 Å². The van der Waals surface area contributed by atoms with Crippen LogP contribution in [0.15, 0.2) is 41.8 Å². The number of carbonyl (C=O) groups excluding carboxylic acids is 3. The molecule has 1 aliphatic rings. The molecule has 0 spiro atoms. The van der Waals surface area contributed by atoms with E-state index in [-0.39, 0.29) is 12.5 Å². The minimum atomic E-state index is -1.17. The van der Waals surface area contributed by atoms with Crippen molar-refractivity contribution in [1.82, 2.24) is 15.1 Å². The zero-order valence-electron chi connectivity index (χ0n) is 15.1. The molecular weight excluding hydrogens is 386 g/mol. The summed E-state index contributed by atoms with van der Waals surface area (Å²) in [4.78, 5) is 41.6. The Morgan fingerprint density at radius 3 is 2.56 bits per heavy atom. The lowest BCUT2D eigenvalue weighted by Gasteiger charge is -2.26. The van der Waals surface area contributed by atoms with Crippen molar-refractivity contribution in [3.63, 3.8) is 0 Å². The number of rotatable bonds is 6. The second-order valence-electron chi connectivity index (χ2n) is 6.42. The van der Waals surface area contributed by atoms with Crippen LogP contribution in [0.2, 0.25) is 5.02 Å². The number of nitrogens with one attached hydrogen (secondary N) is 1. The van der Waals surface area contributed by atoms with Crippen molar-refractivity contribution in [2.24, 2.45) is 0 Å². The summed E-state index contributed by atoms with van der Waals surface area (Å²) in [5.74, 6) is -0.717. The summed E-state index contributed by atoms with van der Waals surface area (Å²) < 4.78 is 0. The topological polar surface area (TPSA) is 69.7 Å². The third-order valence-electron chi connectivity index (χ3n) is 4.74. The second kappa shape index (κ2) is 7.70. The molecule has 27 heavy (non-hydrogen) atoms. The van der Waals surface area contributed by atoms with Crippen LogP contribution in [0.1, 0.15) is 23.8 Å². The van der Waals surface area contributed by atoms with E-state index in [2.05, 4.69) is 5.32 Å². The van der Waals surface area contributed by atoms with Crippen molar-refractivity contribution in [3.05, 3.63) is 57.2 Å². The predicted octanol–water partition coefficient (Wildman–Crippen LogP) is 3.22. The number of hydrogen-bond acceptors (Lipinski definition) is 4. The highest BCUT2D eigenvalue weighted by atomic mass is 35.5. The number of hydrogen-bond donors (Lipinski definition) is 1. The molecule has 1 aromatic carbocycles. The molecular formula is C19H20ClN3O3S. The number of thiophene rings is 1. The lowest BCUT2D eigenvalue weighted by Crippen LogP contribution is -2.45. The molecule has 1 atom stereocenters. The number of imide groups is 1. The highest BCUT2D eigenvalue weighted by Crippen LogP contribution is 2.33. The molecule has 1 N–H and O–H groups in total. The molecule has 0 radical (unpaired) electrons. The Morgan fingerprint density at radius 1 is 1.26 bits per heavy atom. The molecule has 0 saturated carbocycles. The first-order chi connectivity index (χ1) is 12.9. The lowest BCUT2D eigenvalue weighted by molar-refractivity contribution is -0.138. The molecule has 2 heterocycles. The quantitative estimate of drug-likeness (QED) is 0.750. The first-order valence-electron chi connectivity index (χ1n) is 8.54. The number of likely N-dealkylation sites (N-methyl/N-ethyl adjacent to an activating group) is 1. The van der Waals surface area contributed by atoms with Crippen molar-refractivity contribution in [2.75, 3.05) is 13.6 Å². The van der Waals surface area contributed by atoms with Crippen LogP contribution < -0.4 is 5.32 Å². The molecule has 2 aromatic rings. The van der Waals surface area contributed by atoms with E-state index in [9.17, 15) is 14.4 Å². The minimum Gasteiger partial charge on any atom is -0.339 e. The summed E-state index contributed by atoms with van der Waals surface area (Å²) in [5, 5.41) is 5.25. The van der Waals surface area contributed by atoms with Gasteiger partial charge in [-0.1, -0.05) is 36.7 Å². The SMILES string of the molecule is CCC1(c2ccc(Cl)cc2)NC(=O)N(CC(=O)N(C)Cc2cccs2)C1=O. The molecule has 0 aliphatic carbocycles. The van der Waals surface area contributed by atoms with E-state index in [4.69, 9.17) is 11.6 Å². The zero-order chi connectivity index (χ0) is 19.6. The summed E-state index contributed by atoms with van der Waals surface area (Å²) in [6.07, 6.45) is 0.370. The summed E-state index contributed by atoms with van der Waals surface area (Å²) in [6, 6.07) is 10.1. The van der Waals surface area contributed by atoms with Gasteiger partial charge in [0.15, 0.2) is 0 Å². The largest absolute Gasteiger partial charge is 0.339 e. The molecule has 1 aromatic heterocycles. The van der Waals surface area contributed by atoms with E-state index < -0.39 is 17.5 Å². The van der Waals surface area contributed by atoms with Crippen LogP contribution in [0.25, 0.3) is 0 Å². The van der Waals surface area contributed by atoms with Crippen LogP contribution in [0, 0.1) is 0 Å². The number of amides is 4. The lowest BCUT2D eigenvalue weighted by atomic mass is 9.87. The van der Waals surface area contributed by atoms with Gasteiger partial charge in [0.1, 0.15) is 12.1 Å². The molecule has 1 saturated heterocycles. The first kappa shape index (κ1) is 19.4. The fraction of sp³-hybridized carbons (Fsp3) is 0.316. The van der Waals surface area contributed by atoms with Gasteiger partial charge in [0.2, 0.25) is 5.91 Å². The number of urea groups is 1. The van der Waals surface area contributed by atoms with E-state index in [1.165, 1.54) is 4.90 Å². The monoisotopic (exact) mass is 405 g/mol. The van der Waals surface area contributed by atoms with Crippen molar-refractivity contribution >= 4 is 40.8 Å². The summed E-state index contributed by atoms with van der Waals surface area (Å²) >= 11 is 7.48. The standard InChI is InChI=1S/C19H20ClN3O3S/c1-3-19(13-6-8-14(20)9-7-13)17(25)23(18(26)21-19)12-16(24)22(2)11-15-5-4-10-27-15/h4-10H,3,11-12H2,1-2H3,(H,21,26). The first-order valence-corrected chi connectivity index (χ1v) is 9.79. The Morgan fingerprint density at radius 2 is 1.96 bits per heavy atom. The van der Waals surface area contributed by atoms with E-state index in [0.717, 1.165) is 9.78 Å². The van der Waals surface area contributed by atoms with Crippen molar-refractivity contribution in [1.29, 1.82) is 0 Å².